The summed E-state index contributed by atoms with van der Waals surface area (Å²) in [6.07, 6.45) is 0. The number of carbonyl (C=O) groups is 1. The summed E-state index contributed by atoms with van der Waals surface area (Å²) in [4.78, 5) is 11.1. The lowest BCUT2D eigenvalue weighted by Gasteiger charge is -2.23. The van der Waals surface area contributed by atoms with Gasteiger partial charge in [-0.2, -0.15) is 0 Å². The first kappa shape index (κ1) is 15.5. The third kappa shape index (κ3) is 3.26. The van der Waals surface area contributed by atoms with Crippen LogP contribution in [0.15, 0.2) is 6.07 Å². The minimum atomic E-state index is -0.938. The summed E-state index contributed by atoms with van der Waals surface area (Å²) in [5.41, 5.74) is 3.54. The van der Waals surface area contributed by atoms with Crippen LogP contribution >= 0.6 is 0 Å². The number of hydrogen-bond acceptors (Lipinski definition) is 3. The Balaban J connectivity index is 3.03. The molecule has 0 atom stereocenters. The third-order valence-electron chi connectivity index (χ3n) is 3.67. The van der Waals surface area contributed by atoms with Gasteiger partial charge < -0.3 is 9.84 Å². The highest BCUT2D eigenvalue weighted by atomic mass is 16.5. The first-order valence-corrected chi connectivity index (χ1v) is 6.32. The molecule has 4 nitrogen and oxygen atoms in total. The summed E-state index contributed by atoms with van der Waals surface area (Å²) in [6.45, 7) is 9.92. The monoisotopic (exact) mass is 265 g/mol. The van der Waals surface area contributed by atoms with E-state index in [-0.39, 0.29) is 0 Å². The molecule has 1 rings (SSSR count). The van der Waals surface area contributed by atoms with E-state index in [4.69, 9.17) is 9.84 Å². The van der Waals surface area contributed by atoms with E-state index in [1.807, 2.05) is 26.8 Å². The van der Waals surface area contributed by atoms with Gasteiger partial charge in [0.25, 0.3) is 0 Å². The molecule has 0 aliphatic rings. The highest BCUT2D eigenvalue weighted by molar-refractivity contribution is 5.77. The smallest absolute Gasteiger partial charge is 0.323 e. The van der Waals surface area contributed by atoms with E-state index in [9.17, 15) is 4.79 Å². The van der Waals surface area contributed by atoms with E-state index in [1.54, 1.807) is 21.0 Å². The zero-order valence-electron chi connectivity index (χ0n) is 12.5. The number of aliphatic carboxylic acids is 1. The molecule has 2 N–H and O–H groups in total. The van der Waals surface area contributed by atoms with E-state index < -0.39 is 11.5 Å². The van der Waals surface area contributed by atoms with Gasteiger partial charge in [-0.1, -0.05) is 0 Å². The predicted octanol–water partition coefficient (Wildman–Crippen LogP) is 2.57. The summed E-state index contributed by atoms with van der Waals surface area (Å²) < 4.78 is 5.33. The second-order valence-electron chi connectivity index (χ2n) is 5.41. The second kappa shape index (κ2) is 5.61. The maximum absolute atomic E-state index is 11.1. The largest absolute Gasteiger partial charge is 0.496 e. The van der Waals surface area contributed by atoms with Crippen LogP contribution in [0.3, 0.4) is 0 Å². The van der Waals surface area contributed by atoms with Gasteiger partial charge in [0, 0.05) is 6.54 Å². The highest BCUT2D eigenvalue weighted by Crippen LogP contribution is 2.27. The number of benzene rings is 1. The summed E-state index contributed by atoms with van der Waals surface area (Å²) in [5, 5.41) is 12.2. The number of nitrogens with one attached hydrogen (secondary N) is 1. The molecule has 0 unspecified atom stereocenters. The molecule has 0 aromatic heterocycles. The quantitative estimate of drug-likeness (QED) is 0.859. The van der Waals surface area contributed by atoms with Gasteiger partial charge >= 0.3 is 5.97 Å². The van der Waals surface area contributed by atoms with Crippen molar-refractivity contribution in [2.24, 2.45) is 0 Å². The average molecular weight is 265 g/mol. The van der Waals surface area contributed by atoms with Gasteiger partial charge in [0.1, 0.15) is 11.3 Å². The summed E-state index contributed by atoms with van der Waals surface area (Å²) in [7, 11) is 1.66. The van der Waals surface area contributed by atoms with Gasteiger partial charge in [-0.25, -0.2) is 0 Å². The van der Waals surface area contributed by atoms with E-state index in [2.05, 4.69) is 5.32 Å². The first-order valence-electron chi connectivity index (χ1n) is 6.32. The van der Waals surface area contributed by atoms with Crippen LogP contribution in [0.4, 0.5) is 0 Å². The normalized spacial score (nSPS) is 11.5. The van der Waals surface area contributed by atoms with Crippen LogP contribution < -0.4 is 10.1 Å². The molecule has 1 aromatic carbocycles. The average Bonchev–Trinajstić information content (AvgIpc) is 2.33. The molecule has 1 aromatic rings. The highest BCUT2D eigenvalue weighted by Gasteiger charge is 2.26. The molecule has 0 saturated carbocycles. The zero-order valence-corrected chi connectivity index (χ0v) is 12.5. The number of rotatable bonds is 5. The lowest BCUT2D eigenvalue weighted by molar-refractivity contribution is -0.143. The number of carboxylic acid groups (broad SMARTS) is 1. The third-order valence-corrected chi connectivity index (χ3v) is 3.67. The molecule has 0 heterocycles. The Labute approximate surface area is 114 Å². The number of methoxy groups -OCH3 is 1. The molecule has 0 amide bonds. The molecular formula is C15H23NO3. The topological polar surface area (TPSA) is 58.6 Å². The van der Waals surface area contributed by atoms with Crippen molar-refractivity contribution in [3.05, 3.63) is 28.3 Å². The fraction of sp³-hybridized carbons (Fsp3) is 0.533. The summed E-state index contributed by atoms with van der Waals surface area (Å²) >= 11 is 0. The van der Waals surface area contributed by atoms with Crippen LogP contribution in [0.5, 0.6) is 5.75 Å². The van der Waals surface area contributed by atoms with Crippen LogP contribution in [0.2, 0.25) is 0 Å². The SMILES string of the molecule is COc1cc(C)c(CNC(C)(C)C(=O)O)c(C)c1C. The zero-order chi connectivity index (χ0) is 14.8. The van der Waals surface area contributed by atoms with E-state index >= 15 is 0 Å². The van der Waals surface area contributed by atoms with Crippen molar-refractivity contribution in [1.82, 2.24) is 5.32 Å². The van der Waals surface area contributed by atoms with Gasteiger partial charge in [-0.05, 0) is 62.9 Å². The van der Waals surface area contributed by atoms with Crippen molar-refractivity contribution >= 4 is 5.97 Å². The summed E-state index contributed by atoms with van der Waals surface area (Å²) in [5.74, 6) is 0.0179. The minimum absolute atomic E-state index is 0.530. The van der Waals surface area contributed by atoms with Crippen molar-refractivity contribution in [2.45, 2.75) is 46.7 Å². The molecule has 0 bridgehead atoms. The molecule has 0 spiro atoms. The Morgan fingerprint density at radius 3 is 2.37 bits per heavy atom. The van der Waals surface area contributed by atoms with Gasteiger partial charge in [0.15, 0.2) is 0 Å². The van der Waals surface area contributed by atoms with Crippen LogP contribution in [0, 0.1) is 20.8 Å². The van der Waals surface area contributed by atoms with E-state index in [0.29, 0.717) is 6.54 Å². The Bertz CT molecular complexity index is 493. The predicted molar refractivity (Wildman–Crippen MR) is 75.8 cm³/mol. The van der Waals surface area contributed by atoms with Crippen molar-refractivity contribution in [3.63, 3.8) is 0 Å². The van der Waals surface area contributed by atoms with Gasteiger partial charge in [0.2, 0.25) is 0 Å². The number of hydrogen-bond donors (Lipinski definition) is 2. The standard InChI is InChI=1S/C15H23NO3/c1-9-7-13(19-6)11(3)10(2)12(9)8-16-15(4,5)14(17)18/h7,16H,8H2,1-6H3,(H,17,18). The first-order chi connectivity index (χ1) is 8.70. The van der Waals surface area contributed by atoms with Gasteiger partial charge in [-0.3, -0.25) is 10.1 Å². The minimum Gasteiger partial charge on any atom is -0.496 e. The molecule has 0 aliphatic carbocycles. The lowest BCUT2D eigenvalue weighted by Crippen LogP contribution is -2.46. The van der Waals surface area contributed by atoms with Crippen LogP contribution in [0.1, 0.15) is 36.1 Å². The maximum Gasteiger partial charge on any atom is 0.323 e. The molecule has 106 valence electrons. The molecule has 4 heteroatoms. The van der Waals surface area contributed by atoms with Crippen LogP contribution in [-0.4, -0.2) is 23.7 Å². The number of ether oxygens (including phenoxy) is 1. The molecule has 19 heavy (non-hydrogen) atoms. The Morgan fingerprint density at radius 2 is 1.89 bits per heavy atom. The van der Waals surface area contributed by atoms with Crippen molar-refractivity contribution in [3.8, 4) is 5.75 Å². The Morgan fingerprint density at radius 1 is 1.32 bits per heavy atom. The Hall–Kier alpha value is -1.55. The fourth-order valence-corrected chi connectivity index (χ4v) is 1.97. The Kier molecular flexibility index (Phi) is 4.58. The van der Waals surface area contributed by atoms with Crippen LogP contribution in [0.25, 0.3) is 0 Å². The molecule has 0 radical (unpaired) electrons. The molecular weight excluding hydrogens is 242 g/mol. The molecule has 0 fully saturated rings. The van der Waals surface area contributed by atoms with Gasteiger partial charge in [0.05, 0.1) is 7.11 Å². The molecule has 0 saturated heterocycles. The van der Waals surface area contributed by atoms with Crippen molar-refractivity contribution < 1.29 is 14.6 Å². The van der Waals surface area contributed by atoms with Crippen molar-refractivity contribution in [2.75, 3.05) is 7.11 Å². The maximum atomic E-state index is 11.1. The van der Waals surface area contributed by atoms with Crippen LogP contribution in [-0.2, 0) is 11.3 Å². The molecule has 0 aliphatic heterocycles. The second-order valence-corrected chi connectivity index (χ2v) is 5.41. The fourth-order valence-electron chi connectivity index (χ4n) is 1.97. The number of carboxylic acids is 1. The summed E-state index contributed by atoms with van der Waals surface area (Å²) in [6, 6.07) is 1.99. The number of aryl methyl sites for hydroxylation is 1. The van der Waals surface area contributed by atoms with Gasteiger partial charge in [-0.15, -0.1) is 0 Å². The lowest BCUT2D eigenvalue weighted by atomic mass is 9.96. The van der Waals surface area contributed by atoms with E-state index in [0.717, 1.165) is 28.0 Å². The van der Waals surface area contributed by atoms with Crippen molar-refractivity contribution in [1.29, 1.82) is 0 Å². The van der Waals surface area contributed by atoms with E-state index in [1.165, 1.54) is 0 Å².